The van der Waals surface area contributed by atoms with Crippen LogP contribution in [0.15, 0.2) is 18.2 Å². The number of thiocarbonyl (C=S) groups is 1. The molecular weight excluding hydrogens is 248 g/mol. The van der Waals surface area contributed by atoms with Crippen molar-refractivity contribution in [3.05, 3.63) is 29.3 Å². The number of likely N-dealkylation sites (tertiary alicyclic amines) is 1. The van der Waals surface area contributed by atoms with Crippen molar-refractivity contribution in [3.8, 4) is 5.75 Å². The molecule has 1 aromatic rings. The molecule has 0 spiro atoms. The van der Waals surface area contributed by atoms with Crippen LogP contribution in [0.4, 0.5) is 0 Å². The normalized spacial score (nSPS) is 18.9. The molecule has 1 saturated heterocycles. The lowest BCUT2D eigenvalue weighted by Crippen LogP contribution is -2.42. The van der Waals surface area contributed by atoms with Gasteiger partial charge in [-0.1, -0.05) is 18.3 Å². The number of nitrogens with two attached hydrogens (primary N) is 1. The minimum atomic E-state index is -0.157. The first-order valence-electron chi connectivity index (χ1n) is 5.90. The van der Waals surface area contributed by atoms with Crippen molar-refractivity contribution in [2.24, 2.45) is 5.73 Å². The number of rotatable bonds is 2. The van der Waals surface area contributed by atoms with Gasteiger partial charge in [0.05, 0.1) is 11.0 Å². The molecule has 1 aliphatic rings. The van der Waals surface area contributed by atoms with Crippen LogP contribution in [-0.4, -0.2) is 33.5 Å². The predicted octanol–water partition coefficient (Wildman–Crippen LogP) is 1.59. The lowest BCUT2D eigenvalue weighted by atomic mass is 10.1. The van der Waals surface area contributed by atoms with Gasteiger partial charge in [-0.2, -0.15) is 0 Å². The minimum Gasteiger partial charge on any atom is -0.508 e. The predicted molar refractivity (Wildman–Crippen MR) is 73.7 cm³/mol. The first-order valence-corrected chi connectivity index (χ1v) is 6.31. The molecule has 1 aliphatic heterocycles. The van der Waals surface area contributed by atoms with E-state index in [2.05, 4.69) is 0 Å². The van der Waals surface area contributed by atoms with Gasteiger partial charge in [-0.3, -0.25) is 4.79 Å². The van der Waals surface area contributed by atoms with E-state index in [4.69, 9.17) is 18.0 Å². The van der Waals surface area contributed by atoms with Gasteiger partial charge in [-0.05, 0) is 37.5 Å². The van der Waals surface area contributed by atoms with Crippen molar-refractivity contribution in [2.45, 2.75) is 25.8 Å². The standard InChI is InChI=1S/C13H16N2O2S/c1-8-4-5-9(7-11(8)16)13(17)15-6-2-3-10(15)12(14)18/h4-5,7,10,16H,2-3,6H2,1H3,(H2,14,18). The summed E-state index contributed by atoms with van der Waals surface area (Å²) in [6, 6.07) is 4.78. The summed E-state index contributed by atoms with van der Waals surface area (Å²) >= 11 is 4.98. The van der Waals surface area contributed by atoms with E-state index in [-0.39, 0.29) is 17.7 Å². The molecule has 1 unspecified atom stereocenters. The summed E-state index contributed by atoms with van der Waals surface area (Å²) in [5.74, 6) is 0.00696. The molecule has 1 atom stereocenters. The highest BCUT2D eigenvalue weighted by Crippen LogP contribution is 2.23. The summed E-state index contributed by atoms with van der Waals surface area (Å²) in [5, 5.41) is 9.65. The molecule has 2 rings (SSSR count). The molecule has 18 heavy (non-hydrogen) atoms. The molecule has 3 N–H and O–H groups in total. The van der Waals surface area contributed by atoms with E-state index in [1.807, 2.05) is 0 Å². The highest BCUT2D eigenvalue weighted by Gasteiger charge is 2.31. The van der Waals surface area contributed by atoms with E-state index in [9.17, 15) is 9.90 Å². The third-order valence-electron chi connectivity index (χ3n) is 3.30. The minimum absolute atomic E-state index is 0.124. The molecule has 96 valence electrons. The molecule has 4 nitrogen and oxygen atoms in total. The van der Waals surface area contributed by atoms with Crippen LogP contribution in [-0.2, 0) is 0 Å². The number of nitrogens with zero attached hydrogens (tertiary/aromatic N) is 1. The first kappa shape index (κ1) is 12.8. The van der Waals surface area contributed by atoms with Gasteiger partial charge in [0.25, 0.3) is 5.91 Å². The van der Waals surface area contributed by atoms with Gasteiger partial charge >= 0.3 is 0 Å². The van der Waals surface area contributed by atoms with Gasteiger partial charge in [-0.15, -0.1) is 0 Å². The maximum absolute atomic E-state index is 12.3. The second-order valence-corrected chi connectivity index (χ2v) is 5.03. The second kappa shape index (κ2) is 4.94. The van der Waals surface area contributed by atoms with Crippen LogP contribution < -0.4 is 5.73 Å². The van der Waals surface area contributed by atoms with Crippen LogP contribution in [0.3, 0.4) is 0 Å². The topological polar surface area (TPSA) is 66.6 Å². The van der Waals surface area contributed by atoms with Gasteiger partial charge in [-0.25, -0.2) is 0 Å². The third kappa shape index (κ3) is 2.31. The van der Waals surface area contributed by atoms with Crippen molar-refractivity contribution in [2.75, 3.05) is 6.54 Å². The van der Waals surface area contributed by atoms with Crippen LogP contribution in [0.2, 0.25) is 0 Å². The van der Waals surface area contributed by atoms with Gasteiger partial charge in [0.2, 0.25) is 0 Å². The number of amides is 1. The SMILES string of the molecule is Cc1ccc(C(=O)N2CCCC2C(N)=S)cc1O. The molecule has 0 saturated carbocycles. The third-order valence-corrected chi connectivity index (χ3v) is 3.57. The van der Waals surface area contributed by atoms with Crippen molar-refractivity contribution in [3.63, 3.8) is 0 Å². The summed E-state index contributed by atoms with van der Waals surface area (Å²) in [5.41, 5.74) is 6.87. The smallest absolute Gasteiger partial charge is 0.254 e. The Hall–Kier alpha value is -1.62. The number of benzene rings is 1. The Bertz CT molecular complexity index is 502. The summed E-state index contributed by atoms with van der Waals surface area (Å²) in [7, 11) is 0. The number of hydrogen-bond acceptors (Lipinski definition) is 3. The number of phenols is 1. The summed E-state index contributed by atoms with van der Waals surface area (Å²) in [6.45, 7) is 2.45. The number of carbonyl (C=O) groups excluding carboxylic acids is 1. The Kier molecular flexibility index (Phi) is 3.52. The largest absolute Gasteiger partial charge is 0.508 e. The molecule has 0 bridgehead atoms. The number of carbonyl (C=O) groups is 1. The Labute approximate surface area is 111 Å². The molecule has 5 heteroatoms. The van der Waals surface area contributed by atoms with E-state index in [0.29, 0.717) is 17.1 Å². The van der Waals surface area contributed by atoms with Gasteiger partial charge < -0.3 is 15.7 Å². The van der Waals surface area contributed by atoms with Gasteiger partial charge in [0, 0.05) is 12.1 Å². The Balaban J connectivity index is 2.25. The van der Waals surface area contributed by atoms with Crippen LogP contribution in [0.5, 0.6) is 5.75 Å². The van der Waals surface area contributed by atoms with E-state index in [0.717, 1.165) is 18.4 Å². The molecule has 1 fully saturated rings. The van der Waals surface area contributed by atoms with Gasteiger partial charge in [0.15, 0.2) is 0 Å². The molecular formula is C13H16N2O2S. The van der Waals surface area contributed by atoms with Crippen molar-refractivity contribution < 1.29 is 9.90 Å². The number of phenolic OH excluding ortho intramolecular Hbond substituents is 1. The fourth-order valence-electron chi connectivity index (χ4n) is 2.21. The van der Waals surface area contributed by atoms with Gasteiger partial charge in [0.1, 0.15) is 5.75 Å². The maximum atomic E-state index is 12.3. The zero-order valence-corrected chi connectivity index (χ0v) is 11.0. The molecule has 1 amide bonds. The van der Waals surface area contributed by atoms with Crippen LogP contribution in [0, 0.1) is 6.92 Å². The number of hydrogen-bond donors (Lipinski definition) is 2. The summed E-state index contributed by atoms with van der Waals surface area (Å²) in [6.07, 6.45) is 1.73. The zero-order valence-electron chi connectivity index (χ0n) is 10.2. The maximum Gasteiger partial charge on any atom is 0.254 e. The van der Waals surface area contributed by atoms with Crippen LogP contribution >= 0.6 is 12.2 Å². The fraction of sp³-hybridized carbons (Fsp3) is 0.385. The molecule has 1 aromatic carbocycles. The Morgan fingerprint density at radius 3 is 2.89 bits per heavy atom. The fourth-order valence-corrected chi connectivity index (χ4v) is 2.46. The van der Waals surface area contributed by atoms with Crippen LogP contribution in [0.1, 0.15) is 28.8 Å². The van der Waals surface area contributed by atoms with E-state index in [1.165, 1.54) is 6.07 Å². The average Bonchev–Trinajstić information content (AvgIpc) is 2.81. The first-order chi connectivity index (χ1) is 8.50. The molecule has 1 heterocycles. The summed E-state index contributed by atoms with van der Waals surface area (Å²) < 4.78 is 0. The van der Waals surface area contributed by atoms with Crippen molar-refractivity contribution >= 4 is 23.1 Å². The lowest BCUT2D eigenvalue weighted by Gasteiger charge is -2.23. The highest BCUT2D eigenvalue weighted by molar-refractivity contribution is 7.80. The van der Waals surface area contributed by atoms with E-state index in [1.54, 1.807) is 24.0 Å². The quantitative estimate of drug-likeness (QED) is 0.796. The Morgan fingerprint density at radius 1 is 1.56 bits per heavy atom. The van der Waals surface area contributed by atoms with Crippen LogP contribution in [0.25, 0.3) is 0 Å². The highest BCUT2D eigenvalue weighted by atomic mass is 32.1. The zero-order chi connectivity index (χ0) is 13.3. The molecule has 0 aromatic heterocycles. The van der Waals surface area contributed by atoms with E-state index < -0.39 is 0 Å². The van der Waals surface area contributed by atoms with Crippen molar-refractivity contribution in [1.29, 1.82) is 0 Å². The molecule has 0 aliphatic carbocycles. The Morgan fingerprint density at radius 2 is 2.28 bits per heavy atom. The average molecular weight is 264 g/mol. The number of aromatic hydroxyl groups is 1. The number of aryl methyl sites for hydroxylation is 1. The van der Waals surface area contributed by atoms with E-state index >= 15 is 0 Å². The summed E-state index contributed by atoms with van der Waals surface area (Å²) in [4.78, 5) is 14.4. The lowest BCUT2D eigenvalue weighted by molar-refractivity contribution is 0.0770. The molecule has 0 radical (unpaired) electrons. The van der Waals surface area contributed by atoms with Crippen molar-refractivity contribution in [1.82, 2.24) is 4.90 Å². The monoisotopic (exact) mass is 264 g/mol. The second-order valence-electron chi connectivity index (χ2n) is 4.56.